The van der Waals surface area contributed by atoms with Gasteiger partial charge in [-0.2, -0.15) is 5.10 Å². The number of aliphatic hydroxyl groups excluding tert-OH is 1. The number of aryl methyl sites for hydroxylation is 2. The third-order valence-corrected chi connectivity index (χ3v) is 4.15. The van der Waals surface area contributed by atoms with Gasteiger partial charge >= 0.3 is 0 Å². The van der Waals surface area contributed by atoms with Gasteiger partial charge in [-0.1, -0.05) is 0 Å². The Morgan fingerprint density at radius 3 is 2.88 bits per heavy atom. The molecule has 0 fully saturated rings. The SMILES string of the molecule is Cc1nn(C)cc1C(O)Cc1cc(Br)cs1. The zero-order chi connectivity index (χ0) is 11.7. The molecule has 0 saturated heterocycles. The fraction of sp³-hybridized carbons (Fsp3) is 0.364. The van der Waals surface area contributed by atoms with Crippen molar-refractivity contribution in [2.24, 2.45) is 7.05 Å². The molecule has 1 N–H and O–H groups in total. The number of rotatable bonds is 3. The smallest absolute Gasteiger partial charge is 0.0871 e. The van der Waals surface area contributed by atoms with Crippen molar-refractivity contribution in [2.45, 2.75) is 19.4 Å². The van der Waals surface area contributed by atoms with E-state index in [4.69, 9.17) is 0 Å². The van der Waals surface area contributed by atoms with Crippen LogP contribution < -0.4 is 0 Å². The number of nitrogens with zero attached hydrogens (tertiary/aromatic N) is 2. The first-order valence-corrected chi connectivity index (χ1v) is 6.64. The number of thiophene rings is 1. The Morgan fingerprint density at radius 1 is 1.62 bits per heavy atom. The van der Waals surface area contributed by atoms with Crippen molar-refractivity contribution < 1.29 is 5.11 Å². The van der Waals surface area contributed by atoms with Gasteiger partial charge in [0.1, 0.15) is 0 Å². The number of hydrogen-bond acceptors (Lipinski definition) is 3. The van der Waals surface area contributed by atoms with E-state index in [0.717, 1.165) is 15.7 Å². The van der Waals surface area contributed by atoms with E-state index >= 15 is 0 Å². The van der Waals surface area contributed by atoms with Gasteiger partial charge in [0.15, 0.2) is 0 Å². The molecule has 3 nitrogen and oxygen atoms in total. The van der Waals surface area contributed by atoms with E-state index in [-0.39, 0.29) is 0 Å². The molecule has 1 atom stereocenters. The van der Waals surface area contributed by atoms with Crippen LogP contribution in [0.4, 0.5) is 0 Å². The topological polar surface area (TPSA) is 38.0 Å². The number of aliphatic hydroxyl groups is 1. The molecule has 2 heterocycles. The van der Waals surface area contributed by atoms with Crippen LogP contribution in [0.5, 0.6) is 0 Å². The number of hydrogen-bond donors (Lipinski definition) is 1. The van der Waals surface area contributed by atoms with Crippen LogP contribution in [0.15, 0.2) is 22.1 Å². The van der Waals surface area contributed by atoms with E-state index in [2.05, 4.69) is 21.0 Å². The highest BCUT2D eigenvalue weighted by molar-refractivity contribution is 9.10. The average Bonchev–Trinajstić information content (AvgIpc) is 2.73. The van der Waals surface area contributed by atoms with Crippen molar-refractivity contribution in [3.8, 4) is 0 Å². The lowest BCUT2D eigenvalue weighted by molar-refractivity contribution is 0.178. The van der Waals surface area contributed by atoms with Crippen molar-refractivity contribution in [3.05, 3.63) is 38.3 Å². The standard InChI is InChI=1S/C11H13BrN2OS/c1-7-10(5-14(2)13-7)11(15)4-9-3-8(12)6-16-9/h3,5-6,11,15H,4H2,1-2H3. The first-order chi connectivity index (χ1) is 7.56. The van der Waals surface area contributed by atoms with Gasteiger partial charge in [-0.3, -0.25) is 4.68 Å². The summed E-state index contributed by atoms with van der Waals surface area (Å²) < 4.78 is 2.81. The van der Waals surface area contributed by atoms with Crippen LogP contribution in [0.3, 0.4) is 0 Å². The monoisotopic (exact) mass is 300 g/mol. The van der Waals surface area contributed by atoms with Crippen LogP contribution in [-0.4, -0.2) is 14.9 Å². The fourth-order valence-corrected chi connectivity index (χ4v) is 3.20. The first-order valence-electron chi connectivity index (χ1n) is 4.97. The minimum atomic E-state index is -0.473. The Labute approximate surface area is 107 Å². The third-order valence-electron chi connectivity index (χ3n) is 2.43. The highest BCUT2D eigenvalue weighted by Gasteiger charge is 2.14. The molecule has 0 amide bonds. The van der Waals surface area contributed by atoms with Gasteiger partial charge in [-0.25, -0.2) is 0 Å². The molecule has 0 spiro atoms. The summed E-state index contributed by atoms with van der Waals surface area (Å²) in [7, 11) is 1.87. The predicted molar refractivity (Wildman–Crippen MR) is 68.6 cm³/mol. The summed E-state index contributed by atoms with van der Waals surface area (Å²) in [6, 6.07) is 2.04. The van der Waals surface area contributed by atoms with Crippen LogP contribution in [-0.2, 0) is 13.5 Å². The lowest BCUT2D eigenvalue weighted by atomic mass is 10.1. The summed E-state index contributed by atoms with van der Waals surface area (Å²) in [5.41, 5.74) is 1.80. The fourth-order valence-electron chi connectivity index (χ4n) is 1.71. The zero-order valence-electron chi connectivity index (χ0n) is 9.14. The molecular weight excluding hydrogens is 288 g/mol. The molecule has 0 aliphatic rings. The van der Waals surface area contributed by atoms with Gasteiger partial charge in [0.25, 0.3) is 0 Å². The highest BCUT2D eigenvalue weighted by Crippen LogP contribution is 2.26. The van der Waals surface area contributed by atoms with E-state index in [0.29, 0.717) is 6.42 Å². The Hall–Kier alpha value is -0.650. The summed E-state index contributed by atoms with van der Waals surface area (Å²) in [5, 5.41) is 16.4. The number of halogens is 1. The van der Waals surface area contributed by atoms with Crippen molar-refractivity contribution >= 4 is 27.3 Å². The van der Waals surface area contributed by atoms with Crippen molar-refractivity contribution in [1.82, 2.24) is 9.78 Å². The van der Waals surface area contributed by atoms with E-state index in [9.17, 15) is 5.11 Å². The molecule has 2 rings (SSSR count). The minimum absolute atomic E-state index is 0.473. The van der Waals surface area contributed by atoms with E-state index in [1.165, 1.54) is 4.88 Å². The largest absolute Gasteiger partial charge is 0.388 e. The molecule has 0 radical (unpaired) electrons. The number of aromatic nitrogens is 2. The molecule has 0 saturated carbocycles. The Bertz CT molecular complexity index is 492. The quantitative estimate of drug-likeness (QED) is 0.946. The summed E-state index contributed by atoms with van der Waals surface area (Å²) in [4.78, 5) is 1.17. The van der Waals surface area contributed by atoms with Gasteiger partial charge in [0.05, 0.1) is 11.8 Å². The molecule has 86 valence electrons. The van der Waals surface area contributed by atoms with Crippen molar-refractivity contribution in [2.75, 3.05) is 0 Å². The van der Waals surface area contributed by atoms with E-state index < -0.39 is 6.10 Å². The average molecular weight is 301 g/mol. The molecule has 0 bridgehead atoms. The molecule has 16 heavy (non-hydrogen) atoms. The van der Waals surface area contributed by atoms with Gasteiger partial charge in [0.2, 0.25) is 0 Å². The second-order valence-electron chi connectivity index (χ2n) is 3.79. The summed E-state index contributed by atoms with van der Waals surface area (Å²) >= 11 is 5.06. The van der Waals surface area contributed by atoms with Crippen molar-refractivity contribution in [1.29, 1.82) is 0 Å². The van der Waals surface area contributed by atoms with Gasteiger partial charge in [-0.15, -0.1) is 11.3 Å². The lowest BCUT2D eigenvalue weighted by Gasteiger charge is -2.07. The molecule has 0 aromatic carbocycles. The molecule has 0 aliphatic heterocycles. The molecule has 0 aliphatic carbocycles. The van der Waals surface area contributed by atoms with E-state index in [1.807, 2.05) is 31.6 Å². The summed E-state index contributed by atoms with van der Waals surface area (Å²) in [6.07, 6.45) is 2.05. The molecule has 1 unspecified atom stereocenters. The zero-order valence-corrected chi connectivity index (χ0v) is 11.5. The van der Waals surface area contributed by atoms with Gasteiger partial charge in [0, 0.05) is 40.0 Å². The van der Waals surface area contributed by atoms with Crippen LogP contribution >= 0.6 is 27.3 Å². The second kappa shape index (κ2) is 4.69. The predicted octanol–water partition coefficient (Wildman–Crippen LogP) is 2.83. The minimum Gasteiger partial charge on any atom is -0.388 e. The second-order valence-corrected chi connectivity index (χ2v) is 5.71. The lowest BCUT2D eigenvalue weighted by Crippen LogP contribution is -2.00. The molecular formula is C11H13BrN2OS. The summed E-state index contributed by atoms with van der Waals surface area (Å²) in [5.74, 6) is 0. The van der Waals surface area contributed by atoms with Crippen LogP contribution in [0.2, 0.25) is 0 Å². The maximum atomic E-state index is 10.1. The van der Waals surface area contributed by atoms with Crippen molar-refractivity contribution in [3.63, 3.8) is 0 Å². The highest BCUT2D eigenvalue weighted by atomic mass is 79.9. The van der Waals surface area contributed by atoms with E-state index in [1.54, 1.807) is 16.0 Å². The first kappa shape index (κ1) is 11.8. The van der Waals surface area contributed by atoms with Gasteiger partial charge in [-0.05, 0) is 28.9 Å². The molecule has 5 heteroatoms. The Balaban J connectivity index is 2.14. The normalized spacial score (nSPS) is 13.0. The summed E-state index contributed by atoms with van der Waals surface area (Å²) in [6.45, 7) is 1.92. The van der Waals surface area contributed by atoms with Crippen LogP contribution in [0.1, 0.15) is 22.2 Å². The molecule has 2 aromatic heterocycles. The van der Waals surface area contributed by atoms with Crippen LogP contribution in [0.25, 0.3) is 0 Å². The maximum absolute atomic E-state index is 10.1. The third kappa shape index (κ3) is 2.53. The van der Waals surface area contributed by atoms with Gasteiger partial charge < -0.3 is 5.11 Å². The van der Waals surface area contributed by atoms with Crippen LogP contribution in [0, 0.1) is 6.92 Å². The maximum Gasteiger partial charge on any atom is 0.0871 e. The Kier molecular flexibility index (Phi) is 3.47. The Morgan fingerprint density at radius 2 is 2.38 bits per heavy atom. The molecule has 2 aromatic rings.